The van der Waals surface area contributed by atoms with Crippen LogP contribution in [-0.4, -0.2) is 36.2 Å². The van der Waals surface area contributed by atoms with Crippen LogP contribution in [0.1, 0.15) is 30.5 Å². The van der Waals surface area contributed by atoms with E-state index in [2.05, 4.69) is 34.2 Å². The monoisotopic (exact) mass is 283 g/mol. The molecule has 1 aromatic heterocycles. The Kier molecular flexibility index (Phi) is 4.36. The summed E-state index contributed by atoms with van der Waals surface area (Å²) in [5, 5.41) is 8.32. The number of nitrogens with one attached hydrogen (secondary N) is 2. The lowest BCUT2D eigenvalue weighted by atomic mass is 10.2. The van der Waals surface area contributed by atoms with Gasteiger partial charge in [-0.15, -0.1) is 11.3 Å². The third-order valence-corrected chi connectivity index (χ3v) is 3.93. The fraction of sp³-hybridized carbons (Fsp3) is 0.583. The van der Waals surface area contributed by atoms with Crippen molar-refractivity contribution < 1.29 is 14.3 Å². The highest BCUT2D eigenvalue weighted by molar-refractivity contribution is 7.09. The Labute approximate surface area is 115 Å². The van der Waals surface area contributed by atoms with E-state index in [4.69, 9.17) is 0 Å². The molecule has 7 heteroatoms. The summed E-state index contributed by atoms with van der Waals surface area (Å²) < 4.78 is 4.66. The molecule has 2 heterocycles. The second-order valence-corrected chi connectivity index (χ2v) is 5.56. The molecule has 1 aliphatic heterocycles. The zero-order valence-corrected chi connectivity index (χ0v) is 11.8. The first kappa shape index (κ1) is 13.8. The first-order valence-corrected chi connectivity index (χ1v) is 7.09. The van der Waals surface area contributed by atoms with Gasteiger partial charge in [-0.25, -0.2) is 9.78 Å². The topological polar surface area (TPSA) is 80.3 Å². The van der Waals surface area contributed by atoms with Gasteiger partial charge in [-0.3, -0.25) is 4.79 Å². The van der Waals surface area contributed by atoms with E-state index in [1.807, 2.05) is 5.38 Å². The van der Waals surface area contributed by atoms with E-state index < -0.39 is 12.1 Å². The van der Waals surface area contributed by atoms with Gasteiger partial charge in [0.1, 0.15) is 12.6 Å². The first-order valence-electron chi connectivity index (χ1n) is 6.21. The van der Waals surface area contributed by atoms with Crippen molar-refractivity contribution in [2.45, 2.75) is 32.2 Å². The summed E-state index contributed by atoms with van der Waals surface area (Å²) in [7, 11) is 0. The highest BCUT2D eigenvalue weighted by Gasteiger charge is 2.28. The number of hydrogen-bond acceptors (Lipinski definition) is 5. The van der Waals surface area contributed by atoms with E-state index in [9.17, 15) is 9.59 Å². The van der Waals surface area contributed by atoms with Crippen molar-refractivity contribution in [3.8, 4) is 0 Å². The Morgan fingerprint density at radius 3 is 3.05 bits per heavy atom. The molecule has 1 saturated heterocycles. The largest absolute Gasteiger partial charge is 0.447 e. The van der Waals surface area contributed by atoms with Crippen LogP contribution in [0.15, 0.2) is 5.38 Å². The SMILES string of the molecule is CC(C)c1nc(CCNC(=O)[C@@H]2COC(=O)N2)cs1. The number of alkyl carbamates (subject to hydrolysis) is 1. The molecule has 2 rings (SSSR count). The van der Waals surface area contributed by atoms with Gasteiger partial charge in [-0.2, -0.15) is 0 Å². The van der Waals surface area contributed by atoms with Crippen LogP contribution in [0, 0.1) is 0 Å². The minimum atomic E-state index is -0.575. The molecule has 0 spiro atoms. The summed E-state index contributed by atoms with van der Waals surface area (Å²) in [5.41, 5.74) is 0.987. The van der Waals surface area contributed by atoms with Crippen molar-refractivity contribution in [1.29, 1.82) is 0 Å². The molecule has 19 heavy (non-hydrogen) atoms. The third-order valence-electron chi connectivity index (χ3n) is 2.73. The number of amides is 2. The van der Waals surface area contributed by atoms with E-state index in [-0.39, 0.29) is 12.5 Å². The van der Waals surface area contributed by atoms with Crippen molar-refractivity contribution in [1.82, 2.24) is 15.6 Å². The van der Waals surface area contributed by atoms with Crippen molar-refractivity contribution in [2.75, 3.05) is 13.2 Å². The molecule has 0 aromatic carbocycles. The van der Waals surface area contributed by atoms with E-state index in [1.54, 1.807) is 11.3 Å². The average Bonchev–Trinajstić information content (AvgIpc) is 2.98. The number of rotatable bonds is 5. The van der Waals surface area contributed by atoms with Gasteiger partial charge in [0.2, 0.25) is 5.91 Å². The average molecular weight is 283 g/mol. The second-order valence-electron chi connectivity index (χ2n) is 4.67. The van der Waals surface area contributed by atoms with Gasteiger partial charge in [0.05, 0.1) is 10.7 Å². The smallest absolute Gasteiger partial charge is 0.407 e. The molecular formula is C12H17N3O3S. The van der Waals surface area contributed by atoms with Gasteiger partial charge in [-0.1, -0.05) is 13.8 Å². The van der Waals surface area contributed by atoms with Gasteiger partial charge in [0.15, 0.2) is 0 Å². The van der Waals surface area contributed by atoms with E-state index in [0.717, 1.165) is 10.7 Å². The molecule has 0 unspecified atom stereocenters. The van der Waals surface area contributed by atoms with Crippen molar-refractivity contribution >= 4 is 23.3 Å². The van der Waals surface area contributed by atoms with Crippen LogP contribution in [0.2, 0.25) is 0 Å². The van der Waals surface area contributed by atoms with Crippen LogP contribution in [0.3, 0.4) is 0 Å². The van der Waals surface area contributed by atoms with Crippen LogP contribution in [0.25, 0.3) is 0 Å². The number of cyclic esters (lactones) is 1. The Bertz CT molecular complexity index is 473. The molecule has 0 bridgehead atoms. The summed E-state index contributed by atoms with van der Waals surface area (Å²) in [6.45, 7) is 4.81. The molecule has 2 N–H and O–H groups in total. The lowest BCUT2D eigenvalue weighted by Crippen LogP contribution is -2.43. The van der Waals surface area contributed by atoms with Crippen LogP contribution >= 0.6 is 11.3 Å². The van der Waals surface area contributed by atoms with Crippen LogP contribution in [0.5, 0.6) is 0 Å². The maximum atomic E-state index is 11.7. The normalized spacial score (nSPS) is 18.3. The number of aromatic nitrogens is 1. The predicted octanol–water partition coefficient (Wildman–Crippen LogP) is 1.03. The van der Waals surface area contributed by atoms with E-state index in [1.165, 1.54) is 0 Å². The number of ether oxygens (including phenoxy) is 1. The molecule has 1 fully saturated rings. The van der Waals surface area contributed by atoms with Gasteiger partial charge in [-0.05, 0) is 0 Å². The fourth-order valence-corrected chi connectivity index (χ4v) is 2.53. The number of thiazole rings is 1. The lowest BCUT2D eigenvalue weighted by Gasteiger charge is -2.07. The maximum Gasteiger partial charge on any atom is 0.407 e. The number of carbonyl (C=O) groups is 2. The quantitative estimate of drug-likeness (QED) is 0.846. The molecule has 104 valence electrons. The summed E-state index contributed by atoms with van der Waals surface area (Å²) in [4.78, 5) is 27.0. The zero-order chi connectivity index (χ0) is 13.8. The minimum Gasteiger partial charge on any atom is -0.447 e. The summed E-state index contributed by atoms with van der Waals surface area (Å²) in [6.07, 6.45) is 0.150. The second kappa shape index (κ2) is 6.01. The maximum absolute atomic E-state index is 11.7. The number of carbonyl (C=O) groups excluding carboxylic acids is 2. The molecule has 0 aliphatic carbocycles. The predicted molar refractivity (Wildman–Crippen MR) is 71.2 cm³/mol. The molecule has 0 saturated carbocycles. The summed E-state index contributed by atoms with van der Waals surface area (Å²) >= 11 is 1.64. The minimum absolute atomic E-state index is 0.0961. The van der Waals surface area contributed by atoms with Gasteiger partial charge < -0.3 is 15.4 Å². The van der Waals surface area contributed by atoms with Crippen LogP contribution < -0.4 is 10.6 Å². The highest BCUT2D eigenvalue weighted by atomic mass is 32.1. The Morgan fingerprint density at radius 1 is 1.68 bits per heavy atom. The van der Waals surface area contributed by atoms with Gasteiger partial charge in [0, 0.05) is 24.3 Å². The Balaban J connectivity index is 1.73. The number of hydrogen-bond donors (Lipinski definition) is 2. The Hall–Kier alpha value is -1.63. The molecule has 6 nitrogen and oxygen atoms in total. The van der Waals surface area contributed by atoms with Crippen molar-refractivity contribution in [3.63, 3.8) is 0 Å². The molecule has 0 radical (unpaired) electrons. The summed E-state index contributed by atoms with van der Waals surface area (Å²) in [5.74, 6) is 0.212. The molecule has 1 aromatic rings. The van der Waals surface area contributed by atoms with E-state index in [0.29, 0.717) is 18.9 Å². The fourth-order valence-electron chi connectivity index (χ4n) is 1.67. The molecular weight excluding hydrogens is 266 g/mol. The van der Waals surface area contributed by atoms with Crippen molar-refractivity contribution in [3.05, 3.63) is 16.1 Å². The summed E-state index contributed by atoms with van der Waals surface area (Å²) in [6, 6.07) is -0.575. The standard InChI is InChI=1S/C12H17N3O3S/c1-7(2)11-14-8(6-19-11)3-4-13-10(16)9-5-18-12(17)15-9/h6-7,9H,3-5H2,1-2H3,(H,13,16)(H,15,17)/t9-/m0/s1. The van der Waals surface area contributed by atoms with Crippen molar-refractivity contribution in [2.24, 2.45) is 0 Å². The van der Waals surface area contributed by atoms with Crippen LogP contribution in [0.4, 0.5) is 4.79 Å². The molecule has 1 atom stereocenters. The molecule has 2 amide bonds. The van der Waals surface area contributed by atoms with Crippen LogP contribution in [-0.2, 0) is 16.0 Å². The van der Waals surface area contributed by atoms with Gasteiger partial charge >= 0.3 is 6.09 Å². The lowest BCUT2D eigenvalue weighted by molar-refractivity contribution is -0.122. The zero-order valence-electron chi connectivity index (χ0n) is 10.9. The number of nitrogens with zero attached hydrogens (tertiary/aromatic N) is 1. The van der Waals surface area contributed by atoms with Gasteiger partial charge in [0.25, 0.3) is 0 Å². The highest BCUT2D eigenvalue weighted by Crippen LogP contribution is 2.19. The first-order chi connectivity index (χ1) is 9.06. The Morgan fingerprint density at radius 2 is 2.47 bits per heavy atom. The van der Waals surface area contributed by atoms with E-state index >= 15 is 0 Å². The third kappa shape index (κ3) is 3.66. The molecule has 1 aliphatic rings.